The van der Waals surface area contributed by atoms with Crippen LogP contribution in [-0.4, -0.2) is 30.2 Å². The molecule has 4 N–H and O–H groups in total. The summed E-state index contributed by atoms with van der Waals surface area (Å²) in [7, 11) is 0. The van der Waals surface area contributed by atoms with E-state index in [0.717, 1.165) is 42.9 Å². The number of carbonyl (C=O) groups excluding carboxylic acids is 1. The summed E-state index contributed by atoms with van der Waals surface area (Å²) in [4.78, 5) is 15.0. The number of carbonyl (C=O) groups is 1. The lowest BCUT2D eigenvalue weighted by atomic mass is 9.94. The Morgan fingerprint density at radius 2 is 1.64 bits per heavy atom. The number of nitrogens with two attached hydrogens (primary N) is 1. The molecule has 7 heteroatoms. The predicted molar refractivity (Wildman–Crippen MR) is 120 cm³/mol. The number of rotatable bonds is 5. The second-order valence-electron chi connectivity index (χ2n) is 6.95. The van der Waals surface area contributed by atoms with Crippen LogP contribution in [0.5, 0.6) is 0 Å². The maximum Gasteiger partial charge on any atom is 0.229 e. The maximum atomic E-state index is 12.8. The van der Waals surface area contributed by atoms with E-state index in [1.807, 2.05) is 61.5 Å². The second-order valence-corrected chi connectivity index (χ2v) is 6.95. The van der Waals surface area contributed by atoms with E-state index >= 15 is 0 Å². The van der Waals surface area contributed by atoms with Crippen LogP contribution in [0.4, 0.5) is 11.4 Å². The van der Waals surface area contributed by atoms with Gasteiger partial charge in [-0.1, -0.05) is 49.4 Å². The molecule has 154 valence electrons. The fourth-order valence-electron chi connectivity index (χ4n) is 3.34. The van der Waals surface area contributed by atoms with Crippen LogP contribution in [0.3, 0.4) is 0 Å². The Bertz CT molecular complexity index is 737. The summed E-state index contributed by atoms with van der Waals surface area (Å²) in [5.41, 5.74) is 9.03. The molecule has 28 heavy (non-hydrogen) atoms. The van der Waals surface area contributed by atoms with Crippen LogP contribution in [0.15, 0.2) is 54.6 Å². The third kappa shape index (κ3) is 5.85. The molecule has 0 radical (unpaired) electrons. The lowest BCUT2D eigenvalue weighted by molar-refractivity contribution is -0.120. The van der Waals surface area contributed by atoms with E-state index in [-0.39, 0.29) is 48.8 Å². The molecule has 1 fully saturated rings. The number of hydrogen-bond donors (Lipinski definition) is 3. The van der Waals surface area contributed by atoms with Crippen molar-refractivity contribution in [1.82, 2.24) is 0 Å². The summed E-state index contributed by atoms with van der Waals surface area (Å²) in [5, 5.41) is 12.8. The van der Waals surface area contributed by atoms with E-state index in [4.69, 9.17) is 5.73 Å². The van der Waals surface area contributed by atoms with Crippen LogP contribution in [0.25, 0.3) is 0 Å². The van der Waals surface area contributed by atoms with Gasteiger partial charge in [0.15, 0.2) is 0 Å². The molecule has 3 rings (SSSR count). The average Bonchev–Trinajstić information content (AvgIpc) is 2.68. The number of benzene rings is 2. The fourth-order valence-corrected chi connectivity index (χ4v) is 3.34. The molecule has 1 amide bonds. The molecule has 2 unspecified atom stereocenters. The zero-order valence-corrected chi connectivity index (χ0v) is 17.6. The number of amides is 1. The minimum atomic E-state index is -0.353. The van der Waals surface area contributed by atoms with Gasteiger partial charge in [-0.2, -0.15) is 0 Å². The number of aliphatic hydroxyl groups is 1. The highest BCUT2D eigenvalue weighted by molar-refractivity contribution is 5.96. The third-order valence-electron chi connectivity index (χ3n) is 5.10. The summed E-state index contributed by atoms with van der Waals surface area (Å²) in [6, 6.07) is 17.1. The molecule has 0 aliphatic carbocycles. The van der Waals surface area contributed by atoms with Crippen molar-refractivity contribution in [2.45, 2.75) is 31.9 Å². The Morgan fingerprint density at radius 3 is 2.29 bits per heavy atom. The largest absolute Gasteiger partial charge is 0.393 e. The number of para-hydroxylation sites is 2. The first-order valence-corrected chi connectivity index (χ1v) is 9.19. The van der Waals surface area contributed by atoms with Crippen molar-refractivity contribution in [3.63, 3.8) is 0 Å². The number of piperidine rings is 1. The first-order valence-electron chi connectivity index (χ1n) is 9.19. The summed E-state index contributed by atoms with van der Waals surface area (Å²) in [5.74, 6) is -0.445. The van der Waals surface area contributed by atoms with Gasteiger partial charge in [-0.3, -0.25) is 4.79 Å². The third-order valence-corrected chi connectivity index (χ3v) is 5.10. The lowest BCUT2D eigenvalue weighted by Crippen LogP contribution is -2.37. The molecule has 2 aromatic carbocycles. The zero-order chi connectivity index (χ0) is 18.5. The molecular formula is C21H29Cl2N3O2. The Morgan fingerprint density at radius 1 is 1.07 bits per heavy atom. The van der Waals surface area contributed by atoms with Crippen molar-refractivity contribution in [3.05, 3.63) is 60.2 Å². The number of aliphatic hydroxyl groups excluding tert-OH is 1. The molecule has 1 saturated heterocycles. The van der Waals surface area contributed by atoms with Crippen LogP contribution in [0.2, 0.25) is 0 Å². The highest BCUT2D eigenvalue weighted by atomic mass is 35.5. The summed E-state index contributed by atoms with van der Waals surface area (Å²) in [6.45, 7) is 3.42. The molecular weight excluding hydrogens is 397 g/mol. The van der Waals surface area contributed by atoms with E-state index in [2.05, 4.69) is 10.2 Å². The molecule has 0 aromatic heterocycles. The normalized spacial score (nSPS) is 16.3. The fraction of sp³-hybridized carbons (Fsp3) is 0.381. The summed E-state index contributed by atoms with van der Waals surface area (Å²) < 4.78 is 0. The number of nitrogens with one attached hydrogen (secondary N) is 1. The van der Waals surface area contributed by atoms with Gasteiger partial charge < -0.3 is 21.1 Å². The minimum absolute atomic E-state index is 0. The molecule has 1 heterocycles. The number of halogens is 2. The molecule has 2 aromatic rings. The summed E-state index contributed by atoms with van der Waals surface area (Å²) in [6.07, 6.45) is 1.27. The SMILES string of the molecule is CC(C(=O)Nc1ccccc1N1CCC(O)CC1)C(N)c1ccccc1.Cl.Cl. The van der Waals surface area contributed by atoms with Crippen molar-refractivity contribution in [2.75, 3.05) is 23.3 Å². The van der Waals surface area contributed by atoms with Gasteiger partial charge in [0.25, 0.3) is 0 Å². The number of nitrogens with zero attached hydrogens (tertiary/aromatic N) is 1. The second kappa shape index (κ2) is 11.3. The monoisotopic (exact) mass is 425 g/mol. The molecule has 1 aliphatic heterocycles. The number of anilines is 2. The van der Waals surface area contributed by atoms with Crippen molar-refractivity contribution in [1.29, 1.82) is 0 Å². The van der Waals surface area contributed by atoms with Gasteiger partial charge in [-0.25, -0.2) is 0 Å². The van der Waals surface area contributed by atoms with Crippen LogP contribution in [-0.2, 0) is 4.79 Å². The highest BCUT2D eigenvalue weighted by Crippen LogP contribution is 2.29. The van der Waals surface area contributed by atoms with Gasteiger partial charge in [0, 0.05) is 19.1 Å². The van der Waals surface area contributed by atoms with Gasteiger partial charge >= 0.3 is 0 Å². The van der Waals surface area contributed by atoms with Crippen LogP contribution in [0, 0.1) is 5.92 Å². The van der Waals surface area contributed by atoms with Gasteiger partial charge in [0.2, 0.25) is 5.91 Å². The Kier molecular flexibility index (Phi) is 9.76. The van der Waals surface area contributed by atoms with E-state index in [0.29, 0.717) is 0 Å². The van der Waals surface area contributed by atoms with E-state index < -0.39 is 0 Å². The van der Waals surface area contributed by atoms with Crippen molar-refractivity contribution < 1.29 is 9.90 Å². The van der Waals surface area contributed by atoms with Crippen molar-refractivity contribution in [3.8, 4) is 0 Å². The van der Waals surface area contributed by atoms with Gasteiger partial charge in [-0.15, -0.1) is 24.8 Å². The Labute approximate surface area is 179 Å². The van der Waals surface area contributed by atoms with Crippen molar-refractivity contribution in [2.24, 2.45) is 11.7 Å². The first kappa shape index (κ1) is 24.2. The van der Waals surface area contributed by atoms with Crippen LogP contribution in [0.1, 0.15) is 31.4 Å². The topological polar surface area (TPSA) is 78.6 Å². The number of hydrogen-bond acceptors (Lipinski definition) is 4. The smallest absolute Gasteiger partial charge is 0.229 e. The maximum absolute atomic E-state index is 12.8. The quantitative estimate of drug-likeness (QED) is 0.680. The van der Waals surface area contributed by atoms with Gasteiger partial charge in [0.05, 0.1) is 23.4 Å². The standard InChI is InChI=1S/C21H27N3O2.2ClH/c1-15(20(22)16-7-3-2-4-8-16)21(26)23-18-9-5-6-10-19(18)24-13-11-17(25)12-14-24;;/h2-10,15,17,20,25H,11-14,22H2,1H3,(H,23,26);2*1H. The van der Waals surface area contributed by atoms with Gasteiger partial charge in [0.1, 0.15) is 0 Å². The van der Waals surface area contributed by atoms with Crippen molar-refractivity contribution >= 4 is 42.1 Å². The highest BCUT2D eigenvalue weighted by Gasteiger charge is 2.24. The molecule has 2 atom stereocenters. The van der Waals surface area contributed by atoms with Gasteiger partial charge in [-0.05, 0) is 30.5 Å². The lowest BCUT2D eigenvalue weighted by Gasteiger charge is -2.33. The minimum Gasteiger partial charge on any atom is -0.393 e. The Hall–Kier alpha value is -1.79. The van der Waals surface area contributed by atoms with Crippen LogP contribution >= 0.6 is 24.8 Å². The predicted octanol–water partition coefficient (Wildman–Crippen LogP) is 3.77. The van der Waals surface area contributed by atoms with E-state index in [9.17, 15) is 9.90 Å². The van der Waals surface area contributed by atoms with E-state index in [1.54, 1.807) is 0 Å². The Balaban J connectivity index is 0.00000196. The summed E-state index contributed by atoms with van der Waals surface area (Å²) >= 11 is 0. The molecule has 1 aliphatic rings. The van der Waals surface area contributed by atoms with Crippen LogP contribution < -0.4 is 16.0 Å². The molecule has 0 spiro atoms. The average molecular weight is 426 g/mol. The molecule has 0 saturated carbocycles. The molecule has 5 nitrogen and oxygen atoms in total. The first-order chi connectivity index (χ1) is 12.6. The molecule has 0 bridgehead atoms. The van der Waals surface area contributed by atoms with E-state index in [1.165, 1.54) is 0 Å². The zero-order valence-electron chi connectivity index (χ0n) is 16.0.